The van der Waals surface area contributed by atoms with Crippen LogP contribution < -0.4 is 4.74 Å². The van der Waals surface area contributed by atoms with E-state index in [2.05, 4.69) is 46.7 Å². The van der Waals surface area contributed by atoms with Gasteiger partial charge >= 0.3 is 0 Å². The molecule has 1 atom stereocenters. The summed E-state index contributed by atoms with van der Waals surface area (Å²) in [5.74, 6) is 0.869. The van der Waals surface area contributed by atoms with Crippen LogP contribution in [0.4, 0.5) is 0 Å². The van der Waals surface area contributed by atoms with Crippen molar-refractivity contribution in [2.45, 2.75) is 58.2 Å². The molecule has 28 heavy (non-hydrogen) atoms. The third-order valence-corrected chi connectivity index (χ3v) is 6.05. The molecule has 2 heterocycles. The van der Waals surface area contributed by atoms with Crippen molar-refractivity contribution in [2.24, 2.45) is 0 Å². The molecule has 2 aliphatic rings. The number of aliphatic hydroxyl groups excluding tert-OH is 1. The highest BCUT2D eigenvalue weighted by atomic mass is 16.5. The Morgan fingerprint density at radius 3 is 2.32 bits per heavy atom. The molecule has 0 radical (unpaired) electrons. The topological polar surface area (TPSA) is 39.2 Å². The fraction of sp³-hybridized carbons (Fsp3) is 0.739. The molecule has 1 aromatic carbocycles. The van der Waals surface area contributed by atoms with Gasteiger partial charge in [-0.25, -0.2) is 0 Å². The molecule has 0 saturated carbocycles. The number of rotatable bonds is 8. The van der Waals surface area contributed by atoms with Gasteiger partial charge in [0.15, 0.2) is 0 Å². The Morgan fingerprint density at radius 2 is 1.64 bits per heavy atom. The van der Waals surface area contributed by atoms with Gasteiger partial charge in [0.25, 0.3) is 0 Å². The van der Waals surface area contributed by atoms with Crippen molar-refractivity contribution in [1.29, 1.82) is 0 Å². The fourth-order valence-corrected chi connectivity index (χ4v) is 4.29. The maximum Gasteiger partial charge on any atom is 0.119 e. The number of ether oxygens (including phenoxy) is 1. The zero-order valence-electron chi connectivity index (χ0n) is 17.9. The van der Waals surface area contributed by atoms with E-state index in [1.165, 1.54) is 31.2 Å². The highest BCUT2D eigenvalue weighted by molar-refractivity contribution is 5.28. The van der Waals surface area contributed by atoms with E-state index in [1.807, 2.05) is 6.07 Å². The number of β-amino-alcohol motifs (C(OH)–C–C–N with tert-alkyl or cyclic N) is 1. The first kappa shape index (κ1) is 21.6. The van der Waals surface area contributed by atoms with Gasteiger partial charge < -0.3 is 14.7 Å². The predicted octanol–water partition coefficient (Wildman–Crippen LogP) is 2.83. The van der Waals surface area contributed by atoms with E-state index in [4.69, 9.17) is 4.74 Å². The first-order valence-electron chi connectivity index (χ1n) is 11.2. The molecule has 158 valence electrons. The summed E-state index contributed by atoms with van der Waals surface area (Å²) in [4.78, 5) is 7.45. The number of hydrogen-bond acceptors (Lipinski definition) is 5. The van der Waals surface area contributed by atoms with E-state index in [9.17, 15) is 5.11 Å². The first-order chi connectivity index (χ1) is 13.6. The molecule has 3 rings (SSSR count). The molecule has 0 spiro atoms. The lowest BCUT2D eigenvalue weighted by atomic mass is 10.1. The zero-order chi connectivity index (χ0) is 19.8. The monoisotopic (exact) mass is 389 g/mol. The van der Waals surface area contributed by atoms with Crippen molar-refractivity contribution in [2.75, 3.05) is 52.4 Å². The lowest BCUT2D eigenvalue weighted by Gasteiger charge is -2.37. The Morgan fingerprint density at radius 1 is 0.929 bits per heavy atom. The van der Waals surface area contributed by atoms with Crippen LogP contribution in [0.1, 0.15) is 45.1 Å². The molecule has 2 aliphatic heterocycles. The second-order valence-electron chi connectivity index (χ2n) is 8.73. The summed E-state index contributed by atoms with van der Waals surface area (Å²) in [5, 5.41) is 10.4. The molecule has 5 heteroatoms. The molecule has 0 amide bonds. The number of piperazine rings is 1. The average molecular weight is 390 g/mol. The maximum atomic E-state index is 10.4. The van der Waals surface area contributed by atoms with E-state index in [0.29, 0.717) is 12.6 Å². The molecule has 1 N–H and O–H groups in total. The molecule has 2 saturated heterocycles. The van der Waals surface area contributed by atoms with E-state index in [0.717, 1.165) is 58.1 Å². The second-order valence-corrected chi connectivity index (χ2v) is 8.73. The molecule has 5 nitrogen and oxygen atoms in total. The Balaban J connectivity index is 1.42. The van der Waals surface area contributed by atoms with Gasteiger partial charge in [-0.1, -0.05) is 25.0 Å². The third kappa shape index (κ3) is 7.03. The number of hydrogen-bond donors (Lipinski definition) is 1. The van der Waals surface area contributed by atoms with E-state index in [1.54, 1.807) is 0 Å². The number of nitrogens with zero attached hydrogens (tertiary/aromatic N) is 3. The summed E-state index contributed by atoms with van der Waals surface area (Å²) >= 11 is 0. The van der Waals surface area contributed by atoms with Crippen molar-refractivity contribution in [3.8, 4) is 5.75 Å². The molecule has 0 aromatic heterocycles. The van der Waals surface area contributed by atoms with Crippen LogP contribution >= 0.6 is 0 Å². The highest BCUT2D eigenvalue weighted by Gasteiger charge is 2.19. The lowest BCUT2D eigenvalue weighted by molar-refractivity contribution is 0.0692. The van der Waals surface area contributed by atoms with Gasteiger partial charge in [0, 0.05) is 45.3 Å². The Bertz CT molecular complexity index is 565. The van der Waals surface area contributed by atoms with Crippen molar-refractivity contribution in [1.82, 2.24) is 14.7 Å². The van der Waals surface area contributed by atoms with Crippen LogP contribution in [-0.4, -0.2) is 84.4 Å². The highest BCUT2D eigenvalue weighted by Crippen LogP contribution is 2.17. The third-order valence-electron chi connectivity index (χ3n) is 6.05. The van der Waals surface area contributed by atoms with Crippen molar-refractivity contribution < 1.29 is 9.84 Å². The standard InChI is InChI=1S/C23H39N3O2/c1-20(2)26-14-12-25(13-15-26)17-21-8-7-9-23(16-21)28-19-22(27)18-24-10-5-3-4-6-11-24/h7-9,16,20,22,27H,3-6,10-15,17-19H2,1-2H3/t22-/m1/s1. The number of aliphatic hydroxyl groups is 1. The minimum absolute atomic E-state index is 0.368. The van der Waals surface area contributed by atoms with Crippen LogP contribution in [-0.2, 0) is 6.54 Å². The Kier molecular flexibility index (Phi) is 8.59. The van der Waals surface area contributed by atoms with Crippen LogP contribution in [0.5, 0.6) is 5.75 Å². The van der Waals surface area contributed by atoms with E-state index < -0.39 is 6.10 Å². The second kappa shape index (κ2) is 11.1. The fourth-order valence-electron chi connectivity index (χ4n) is 4.29. The summed E-state index contributed by atoms with van der Waals surface area (Å²) in [6, 6.07) is 9.01. The van der Waals surface area contributed by atoms with Crippen molar-refractivity contribution in [3.63, 3.8) is 0 Å². The normalized spacial score (nSPS) is 21.6. The molecule has 0 bridgehead atoms. The number of likely N-dealkylation sites (tertiary alicyclic amines) is 1. The molecule has 0 unspecified atom stereocenters. The minimum Gasteiger partial charge on any atom is -0.491 e. The van der Waals surface area contributed by atoms with Crippen LogP contribution in [0.3, 0.4) is 0 Å². The van der Waals surface area contributed by atoms with Gasteiger partial charge in [-0.2, -0.15) is 0 Å². The quantitative estimate of drug-likeness (QED) is 0.740. The van der Waals surface area contributed by atoms with Crippen LogP contribution in [0.25, 0.3) is 0 Å². The molecule has 1 aromatic rings. The summed E-state index contributed by atoms with van der Waals surface area (Å²) in [6.45, 7) is 13.4. The van der Waals surface area contributed by atoms with Gasteiger partial charge in [0.2, 0.25) is 0 Å². The molecule has 0 aliphatic carbocycles. The minimum atomic E-state index is -0.425. The van der Waals surface area contributed by atoms with Gasteiger partial charge in [-0.15, -0.1) is 0 Å². The largest absolute Gasteiger partial charge is 0.491 e. The average Bonchev–Trinajstić information content (AvgIpc) is 2.96. The van der Waals surface area contributed by atoms with Crippen LogP contribution in [0.2, 0.25) is 0 Å². The number of benzene rings is 1. The SMILES string of the molecule is CC(C)N1CCN(Cc2cccc(OC[C@H](O)CN3CCCCCC3)c2)CC1. The summed E-state index contributed by atoms with van der Waals surface area (Å²) in [7, 11) is 0. The first-order valence-corrected chi connectivity index (χ1v) is 11.2. The summed E-state index contributed by atoms with van der Waals surface area (Å²) in [5.41, 5.74) is 1.29. The van der Waals surface area contributed by atoms with Gasteiger partial charge in [0.05, 0.1) is 0 Å². The zero-order valence-corrected chi connectivity index (χ0v) is 17.9. The van der Waals surface area contributed by atoms with Crippen LogP contribution in [0.15, 0.2) is 24.3 Å². The van der Waals surface area contributed by atoms with E-state index in [-0.39, 0.29) is 0 Å². The van der Waals surface area contributed by atoms with Crippen molar-refractivity contribution in [3.05, 3.63) is 29.8 Å². The predicted molar refractivity (Wildman–Crippen MR) is 115 cm³/mol. The maximum absolute atomic E-state index is 10.4. The smallest absolute Gasteiger partial charge is 0.119 e. The summed E-state index contributed by atoms with van der Waals surface area (Å²) in [6.07, 6.45) is 4.72. The summed E-state index contributed by atoms with van der Waals surface area (Å²) < 4.78 is 5.92. The van der Waals surface area contributed by atoms with Crippen LogP contribution in [0, 0.1) is 0 Å². The molecular weight excluding hydrogens is 350 g/mol. The molecular formula is C23H39N3O2. The Labute approximate surface area is 171 Å². The van der Waals surface area contributed by atoms with Gasteiger partial charge in [-0.3, -0.25) is 9.80 Å². The van der Waals surface area contributed by atoms with Gasteiger partial charge in [-0.05, 0) is 57.5 Å². The molecule has 2 fully saturated rings. The van der Waals surface area contributed by atoms with Crippen molar-refractivity contribution >= 4 is 0 Å². The van der Waals surface area contributed by atoms with E-state index >= 15 is 0 Å². The lowest BCUT2D eigenvalue weighted by Crippen LogP contribution is -2.48. The van der Waals surface area contributed by atoms with Gasteiger partial charge in [0.1, 0.15) is 18.5 Å². The Hall–Kier alpha value is -1.14.